The quantitative estimate of drug-likeness (QED) is 0.779. The molecule has 1 aromatic heterocycles. The van der Waals surface area contributed by atoms with Crippen molar-refractivity contribution in [1.29, 1.82) is 0 Å². The highest BCUT2D eigenvalue weighted by Crippen LogP contribution is 2.28. The molecular formula is C20H17F2N3O. The van der Waals surface area contributed by atoms with Gasteiger partial charge in [-0.15, -0.1) is 0 Å². The molecule has 1 N–H and O–H groups in total. The standard InChI is InChI=1S/C20H17F2N3O/c21-15-8-2-1-6-13(15)12-23-20(26)19-14-7-5-11-17(14)25(24-19)18-10-4-3-9-16(18)22/h1-4,6,8-10H,5,7,11-12H2,(H,23,26). The largest absolute Gasteiger partial charge is 0.346 e. The highest BCUT2D eigenvalue weighted by atomic mass is 19.1. The number of rotatable bonds is 4. The summed E-state index contributed by atoms with van der Waals surface area (Å²) >= 11 is 0. The van der Waals surface area contributed by atoms with Gasteiger partial charge in [0.1, 0.15) is 17.3 Å². The fourth-order valence-electron chi connectivity index (χ4n) is 3.34. The summed E-state index contributed by atoms with van der Waals surface area (Å²) in [5.74, 6) is -1.13. The first-order valence-corrected chi connectivity index (χ1v) is 8.52. The number of hydrogen-bond acceptors (Lipinski definition) is 2. The summed E-state index contributed by atoms with van der Waals surface area (Å²) in [6.45, 7) is 0.0762. The highest BCUT2D eigenvalue weighted by Gasteiger charge is 2.27. The van der Waals surface area contributed by atoms with E-state index in [-0.39, 0.29) is 29.8 Å². The predicted octanol–water partition coefficient (Wildman–Crippen LogP) is 3.57. The Bertz CT molecular complexity index is 981. The summed E-state index contributed by atoms with van der Waals surface area (Å²) in [6.07, 6.45) is 2.37. The Hall–Kier alpha value is -3.02. The molecule has 0 atom stereocenters. The van der Waals surface area contributed by atoms with Crippen molar-refractivity contribution in [2.45, 2.75) is 25.8 Å². The van der Waals surface area contributed by atoms with Gasteiger partial charge in [0.15, 0.2) is 5.69 Å². The number of carbonyl (C=O) groups excluding carboxylic acids is 1. The maximum absolute atomic E-state index is 14.2. The average Bonchev–Trinajstić information content (AvgIpc) is 3.24. The lowest BCUT2D eigenvalue weighted by Crippen LogP contribution is -2.25. The van der Waals surface area contributed by atoms with Gasteiger partial charge in [0.2, 0.25) is 0 Å². The van der Waals surface area contributed by atoms with Gasteiger partial charge >= 0.3 is 0 Å². The minimum Gasteiger partial charge on any atom is -0.346 e. The number of amides is 1. The van der Waals surface area contributed by atoms with E-state index in [4.69, 9.17) is 0 Å². The Kier molecular flexibility index (Phi) is 4.24. The summed E-state index contributed by atoms with van der Waals surface area (Å²) in [7, 11) is 0. The molecule has 0 unspecified atom stereocenters. The van der Waals surface area contributed by atoms with Crippen molar-refractivity contribution in [1.82, 2.24) is 15.1 Å². The number of para-hydroxylation sites is 1. The molecular weight excluding hydrogens is 336 g/mol. The van der Waals surface area contributed by atoms with Crippen LogP contribution in [0.2, 0.25) is 0 Å². The van der Waals surface area contributed by atoms with Gasteiger partial charge in [0.25, 0.3) is 5.91 Å². The van der Waals surface area contributed by atoms with E-state index in [0.29, 0.717) is 11.3 Å². The Labute approximate surface area is 149 Å². The van der Waals surface area contributed by atoms with Crippen LogP contribution in [0.5, 0.6) is 0 Å². The maximum atomic E-state index is 14.2. The second kappa shape index (κ2) is 6.71. The number of aromatic nitrogens is 2. The van der Waals surface area contributed by atoms with Crippen LogP contribution in [0.1, 0.15) is 33.7 Å². The number of fused-ring (bicyclic) bond motifs is 1. The van der Waals surface area contributed by atoms with Crippen LogP contribution in [0.3, 0.4) is 0 Å². The van der Waals surface area contributed by atoms with Crippen molar-refractivity contribution in [2.24, 2.45) is 0 Å². The molecule has 0 saturated carbocycles. The minimum absolute atomic E-state index is 0.0762. The van der Waals surface area contributed by atoms with Crippen molar-refractivity contribution >= 4 is 5.91 Å². The van der Waals surface area contributed by atoms with Crippen molar-refractivity contribution in [2.75, 3.05) is 0 Å². The zero-order chi connectivity index (χ0) is 18.1. The molecule has 0 radical (unpaired) electrons. The Balaban J connectivity index is 1.63. The molecule has 1 aliphatic rings. The average molecular weight is 353 g/mol. The third-order valence-electron chi connectivity index (χ3n) is 4.62. The number of benzene rings is 2. The van der Waals surface area contributed by atoms with Crippen LogP contribution in [0.4, 0.5) is 8.78 Å². The molecule has 1 aliphatic carbocycles. The van der Waals surface area contributed by atoms with Crippen molar-refractivity contribution in [3.05, 3.63) is 82.7 Å². The summed E-state index contributed by atoms with van der Waals surface area (Å²) in [5, 5.41) is 7.09. The first-order chi connectivity index (χ1) is 12.6. The normalized spacial score (nSPS) is 12.8. The van der Waals surface area contributed by atoms with E-state index in [2.05, 4.69) is 10.4 Å². The predicted molar refractivity (Wildman–Crippen MR) is 93.1 cm³/mol. The first-order valence-electron chi connectivity index (χ1n) is 8.52. The first kappa shape index (κ1) is 16.4. The van der Waals surface area contributed by atoms with Crippen molar-refractivity contribution in [3.8, 4) is 5.69 Å². The van der Waals surface area contributed by atoms with Crippen LogP contribution in [-0.4, -0.2) is 15.7 Å². The Morgan fingerprint density at radius 2 is 1.77 bits per heavy atom. The molecule has 2 aromatic carbocycles. The van der Waals surface area contributed by atoms with Crippen LogP contribution < -0.4 is 5.32 Å². The zero-order valence-corrected chi connectivity index (χ0v) is 14.0. The van der Waals surface area contributed by atoms with Gasteiger partial charge in [0.05, 0.1) is 0 Å². The van der Waals surface area contributed by atoms with Gasteiger partial charge in [-0.1, -0.05) is 30.3 Å². The SMILES string of the molecule is O=C(NCc1ccccc1F)c1nn(-c2ccccc2F)c2c1CCC2. The van der Waals surface area contributed by atoms with E-state index >= 15 is 0 Å². The Morgan fingerprint density at radius 3 is 2.54 bits per heavy atom. The van der Waals surface area contributed by atoms with Gasteiger partial charge in [-0.2, -0.15) is 5.10 Å². The van der Waals surface area contributed by atoms with E-state index in [0.717, 1.165) is 30.5 Å². The summed E-state index contributed by atoms with van der Waals surface area (Å²) in [4.78, 5) is 12.6. The van der Waals surface area contributed by atoms with E-state index in [1.807, 2.05) is 0 Å². The topological polar surface area (TPSA) is 46.9 Å². The molecule has 3 aromatic rings. The summed E-state index contributed by atoms with van der Waals surface area (Å²) in [5.41, 5.74) is 2.74. The monoisotopic (exact) mass is 353 g/mol. The number of nitrogens with one attached hydrogen (secondary N) is 1. The number of nitrogens with zero attached hydrogens (tertiary/aromatic N) is 2. The second-order valence-corrected chi connectivity index (χ2v) is 6.26. The number of halogens is 2. The Morgan fingerprint density at radius 1 is 1.04 bits per heavy atom. The fraction of sp³-hybridized carbons (Fsp3) is 0.200. The molecule has 0 fully saturated rings. The molecule has 4 nitrogen and oxygen atoms in total. The van der Waals surface area contributed by atoms with Gasteiger partial charge in [-0.25, -0.2) is 13.5 Å². The van der Waals surface area contributed by atoms with Gasteiger partial charge in [-0.05, 0) is 37.5 Å². The summed E-state index contributed by atoms with van der Waals surface area (Å²) in [6, 6.07) is 12.7. The van der Waals surface area contributed by atoms with E-state index in [9.17, 15) is 13.6 Å². The van der Waals surface area contributed by atoms with Crippen molar-refractivity contribution < 1.29 is 13.6 Å². The highest BCUT2D eigenvalue weighted by molar-refractivity contribution is 5.94. The number of hydrogen-bond donors (Lipinski definition) is 1. The third-order valence-corrected chi connectivity index (χ3v) is 4.62. The minimum atomic E-state index is -0.386. The van der Waals surface area contributed by atoms with Crippen LogP contribution >= 0.6 is 0 Å². The van der Waals surface area contributed by atoms with Crippen LogP contribution in [0.25, 0.3) is 5.69 Å². The number of carbonyl (C=O) groups is 1. The van der Waals surface area contributed by atoms with Crippen LogP contribution in [0, 0.1) is 11.6 Å². The lowest BCUT2D eigenvalue weighted by molar-refractivity contribution is 0.0944. The molecule has 132 valence electrons. The van der Waals surface area contributed by atoms with E-state index in [1.165, 1.54) is 16.8 Å². The molecule has 1 heterocycles. The van der Waals surface area contributed by atoms with E-state index < -0.39 is 0 Å². The van der Waals surface area contributed by atoms with Gasteiger partial charge < -0.3 is 5.32 Å². The van der Waals surface area contributed by atoms with Crippen molar-refractivity contribution in [3.63, 3.8) is 0 Å². The zero-order valence-electron chi connectivity index (χ0n) is 14.0. The smallest absolute Gasteiger partial charge is 0.272 e. The molecule has 6 heteroatoms. The molecule has 0 bridgehead atoms. The third kappa shape index (κ3) is 2.87. The molecule has 1 amide bonds. The molecule has 26 heavy (non-hydrogen) atoms. The molecule has 0 spiro atoms. The second-order valence-electron chi connectivity index (χ2n) is 6.26. The fourth-order valence-corrected chi connectivity index (χ4v) is 3.34. The molecule has 0 saturated heterocycles. The van der Waals surface area contributed by atoms with Gasteiger partial charge in [0, 0.05) is 23.4 Å². The maximum Gasteiger partial charge on any atom is 0.272 e. The lowest BCUT2D eigenvalue weighted by Gasteiger charge is -2.07. The van der Waals surface area contributed by atoms with Crippen LogP contribution in [-0.2, 0) is 19.4 Å². The van der Waals surface area contributed by atoms with E-state index in [1.54, 1.807) is 36.4 Å². The molecule has 4 rings (SSSR count). The molecule has 0 aliphatic heterocycles. The lowest BCUT2D eigenvalue weighted by atomic mass is 10.1. The summed E-state index contributed by atoms with van der Waals surface area (Å²) < 4.78 is 29.4. The van der Waals surface area contributed by atoms with Crippen LogP contribution in [0.15, 0.2) is 48.5 Å². The van der Waals surface area contributed by atoms with Gasteiger partial charge in [-0.3, -0.25) is 4.79 Å².